The van der Waals surface area contributed by atoms with Crippen LogP contribution in [0.25, 0.3) is 10.9 Å². The molecule has 1 aliphatic rings. The van der Waals surface area contributed by atoms with E-state index in [2.05, 4.69) is 33.3 Å². The van der Waals surface area contributed by atoms with Crippen molar-refractivity contribution in [2.24, 2.45) is 0 Å². The number of benzene rings is 2. The number of aromatic nitrogens is 2. The van der Waals surface area contributed by atoms with E-state index in [1.807, 2.05) is 44.4 Å². The normalized spacial score (nSPS) is 14.5. The van der Waals surface area contributed by atoms with E-state index in [9.17, 15) is 0 Å². The Morgan fingerprint density at radius 1 is 0.962 bits per heavy atom. The monoisotopic (exact) mass is 349 g/mol. The Balaban J connectivity index is 1.68. The molecule has 6 heteroatoms. The average Bonchev–Trinajstić information content (AvgIpc) is 2.68. The number of anilines is 4. The van der Waals surface area contributed by atoms with Gasteiger partial charge in [-0.05, 0) is 36.4 Å². The van der Waals surface area contributed by atoms with Gasteiger partial charge in [-0.3, -0.25) is 0 Å². The van der Waals surface area contributed by atoms with Gasteiger partial charge in [-0.1, -0.05) is 12.1 Å². The first-order chi connectivity index (χ1) is 12.7. The maximum atomic E-state index is 5.48. The summed E-state index contributed by atoms with van der Waals surface area (Å²) in [5.74, 6) is 1.58. The van der Waals surface area contributed by atoms with Gasteiger partial charge in [0.1, 0.15) is 5.82 Å². The maximum Gasteiger partial charge on any atom is 0.229 e. The van der Waals surface area contributed by atoms with Gasteiger partial charge in [-0.15, -0.1) is 0 Å². The van der Waals surface area contributed by atoms with Crippen molar-refractivity contribution in [3.8, 4) is 0 Å². The van der Waals surface area contributed by atoms with E-state index in [-0.39, 0.29) is 0 Å². The lowest BCUT2D eigenvalue weighted by Gasteiger charge is -2.29. The topological polar surface area (TPSA) is 53.5 Å². The van der Waals surface area contributed by atoms with Crippen molar-refractivity contribution in [1.82, 2.24) is 9.97 Å². The summed E-state index contributed by atoms with van der Waals surface area (Å²) in [7, 11) is 4.06. The first-order valence-electron chi connectivity index (χ1n) is 8.84. The number of nitrogens with zero attached hydrogens (tertiary/aromatic N) is 4. The molecule has 0 radical (unpaired) electrons. The summed E-state index contributed by atoms with van der Waals surface area (Å²) in [4.78, 5) is 13.9. The molecule has 0 saturated carbocycles. The summed E-state index contributed by atoms with van der Waals surface area (Å²) in [6.45, 7) is 3.15. The second-order valence-electron chi connectivity index (χ2n) is 6.55. The molecule has 0 atom stereocenters. The number of hydrogen-bond donors (Lipinski definition) is 1. The minimum absolute atomic E-state index is 0.614. The molecule has 4 rings (SSSR count). The Bertz CT molecular complexity index is 888. The number of para-hydroxylation sites is 1. The molecule has 1 fully saturated rings. The molecule has 0 spiro atoms. The lowest BCUT2D eigenvalue weighted by Crippen LogP contribution is -2.37. The lowest BCUT2D eigenvalue weighted by atomic mass is 10.2. The highest BCUT2D eigenvalue weighted by molar-refractivity contribution is 5.90. The van der Waals surface area contributed by atoms with Gasteiger partial charge < -0.3 is 19.9 Å². The van der Waals surface area contributed by atoms with Gasteiger partial charge in [0.25, 0.3) is 0 Å². The second kappa shape index (κ2) is 7.17. The molecule has 2 heterocycles. The quantitative estimate of drug-likeness (QED) is 0.780. The van der Waals surface area contributed by atoms with Crippen LogP contribution in [-0.4, -0.2) is 50.4 Å². The lowest BCUT2D eigenvalue weighted by molar-refractivity contribution is 0.122. The van der Waals surface area contributed by atoms with Crippen LogP contribution < -0.4 is 15.1 Å². The van der Waals surface area contributed by atoms with E-state index in [1.165, 1.54) is 0 Å². The molecule has 6 nitrogen and oxygen atoms in total. The molecule has 1 aromatic heterocycles. The van der Waals surface area contributed by atoms with Crippen molar-refractivity contribution in [2.45, 2.75) is 0 Å². The Hall–Kier alpha value is -2.86. The molecule has 26 heavy (non-hydrogen) atoms. The number of hydrogen-bond acceptors (Lipinski definition) is 6. The first kappa shape index (κ1) is 16.6. The summed E-state index contributed by atoms with van der Waals surface area (Å²) >= 11 is 0. The molecule has 2 aromatic carbocycles. The number of rotatable bonds is 4. The van der Waals surface area contributed by atoms with Gasteiger partial charge in [0, 0.05) is 43.9 Å². The van der Waals surface area contributed by atoms with E-state index in [0.29, 0.717) is 5.95 Å². The van der Waals surface area contributed by atoms with E-state index < -0.39 is 0 Å². The minimum atomic E-state index is 0.614. The summed E-state index contributed by atoms with van der Waals surface area (Å²) < 4.78 is 5.48. The third-order valence-corrected chi connectivity index (χ3v) is 4.53. The minimum Gasteiger partial charge on any atom is -0.378 e. The van der Waals surface area contributed by atoms with Gasteiger partial charge in [-0.2, -0.15) is 4.98 Å². The fourth-order valence-electron chi connectivity index (χ4n) is 3.10. The van der Waals surface area contributed by atoms with Crippen LogP contribution in [0, 0.1) is 0 Å². The Kier molecular flexibility index (Phi) is 4.58. The van der Waals surface area contributed by atoms with Crippen LogP contribution in [0.4, 0.5) is 23.1 Å². The fraction of sp³-hybridized carbons (Fsp3) is 0.300. The van der Waals surface area contributed by atoms with Crippen LogP contribution in [-0.2, 0) is 4.74 Å². The summed E-state index contributed by atoms with van der Waals surface area (Å²) in [5, 5.41) is 4.42. The van der Waals surface area contributed by atoms with Crippen molar-refractivity contribution in [1.29, 1.82) is 0 Å². The molecule has 1 saturated heterocycles. The van der Waals surface area contributed by atoms with Crippen LogP contribution >= 0.6 is 0 Å². The van der Waals surface area contributed by atoms with Gasteiger partial charge in [0.15, 0.2) is 0 Å². The molecule has 134 valence electrons. The van der Waals surface area contributed by atoms with E-state index in [0.717, 1.165) is 54.4 Å². The Morgan fingerprint density at radius 3 is 2.42 bits per heavy atom. The average molecular weight is 349 g/mol. The molecular formula is C20H23N5O. The van der Waals surface area contributed by atoms with Crippen molar-refractivity contribution < 1.29 is 4.74 Å². The highest BCUT2D eigenvalue weighted by atomic mass is 16.5. The van der Waals surface area contributed by atoms with Crippen LogP contribution in [0.1, 0.15) is 0 Å². The third-order valence-electron chi connectivity index (χ3n) is 4.53. The summed E-state index contributed by atoms with van der Waals surface area (Å²) in [6, 6.07) is 16.4. The molecule has 1 aliphatic heterocycles. The maximum absolute atomic E-state index is 5.48. The molecular weight excluding hydrogens is 326 g/mol. The zero-order valence-corrected chi connectivity index (χ0v) is 15.1. The van der Waals surface area contributed by atoms with Gasteiger partial charge in [0.05, 0.1) is 18.7 Å². The van der Waals surface area contributed by atoms with Crippen molar-refractivity contribution >= 4 is 34.0 Å². The van der Waals surface area contributed by atoms with Gasteiger partial charge in [-0.25, -0.2) is 4.98 Å². The zero-order chi connectivity index (χ0) is 17.9. The third kappa shape index (κ3) is 3.41. The smallest absolute Gasteiger partial charge is 0.229 e. The van der Waals surface area contributed by atoms with Crippen LogP contribution in [0.15, 0.2) is 48.5 Å². The molecule has 0 aliphatic carbocycles. The van der Waals surface area contributed by atoms with E-state index >= 15 is 0 Å². The SMILES string of the molecule is CN(C)c1ccc(Nc2nc(N3CCOCC3)c3ccccc3n2)cc1. The highest BCUT2D eigenvalue weighted by Crippen LogP contribution is 2.27. The number of fused-ring (bicyclic) bond motifs is 1. The number of ether oxygens (including phenoxy) is 1. The van der Waals surface area contributed by atoms with Crippen LogP contribution in [0.2, 0.25) is 0 Å². The van der Waals surface area contributed by atoms with Crippen molar-refractivity contribution in [3.05, 3.63) is 48.5 Å². The first-order valence-corrected chi connectivity index (χ1v) is 8.84. The predicted molar refractivity (Wildman–Crippen MR) is 107 cm³/mol. The molecule has 1 N–H and O–H groups in total. The fourth-order valence-corrected chi connectivity index (χ4v) is 3.10. The summed E-state index contributed by atoms with van der Waals surface area (Å²) in [5.41, 5.74) is 3.07. The number of morpholine rings is 1. The van der Waals surface area contributed by atoms with E-state index in [1.54, 1.807) is 0 Å². The number of nitrogens with one attached hydrogen (secondary N) is 1. The highest BCUT2D eigenvalue weighted by Gasteiger charge is 2.17. The van der Waals surface area contributed by atoms with Gasteiger partial charge >= 0.3 is 0 Å². The largest absolute Gasteiger partial charge is 0.378 e. The standard InChI is InChI=1S/C20H23N5O/c1-24(2)16-9-7-15(8-10-16)21-20-22-18-6-4-3-5-17(18)19(23-20)25-11-13-26-14-12-25/h3-10H,11-14H2,1-2H3,(H,21,22,23). The second-order valence-corrected chi connectivity index (χ2v) is 6.55. The van der Waals surface area contributed by atoms with Crippen molar-refractivity contribution in [2.75, 3.05) is 55.5 Å². The molecule has 3 aromatic rings. The Morgan fingerprint density at radius 2 is 1.69 bits per heavy atom. The molecule has 0 amide bonds. The Labute approximate surface area is 153 Å². The van der Waals surface area contributed by atoms with Crippen LogP contribution in [0.5, 0.6) is 0 Å². The zero-order valence-electron chi connectivity index (χ0n) is 15.1. The van der Waals surface area contributed by atoms with E-state index in [4.69, 9.17) is 14.7 Å². The van der Waals surface area contributed by atoms with Crippen LogP contribution in [0.3, 0.4) is 0 Å². The molecule has 0 bridgehead atoms. The van der Waals surface area contributed by atoms with Gasteiger partial charge in [0.2, 0.25) is 5.95 Å². The predicted octanol–water partition coefficient (Wildman–Crippen LogP) is 3.28. The summed E-state index contributed by atoms with van der Waals surface area (Å²) in [6.07, 6.45) is 0. The van der Waals surface area contributed by atoms with Crippen molar-refractivity contribution in [3.63, 3.8) is 0 Å². The molecule has 0 unspecified atom stereocenters.